The Morgan fingerprint density at radius 2 is 1.60 bits per heavy atom. The van der Waals surface area contributed by atoms with E-state index in [-0.39, 0.29) is 34.6 Å². The Morgan fingerprint density at radius 3 is 2.29 bits per heavy atom. The Kier molecular flexibility index (Phi) is 7.17. The maximum absolute atomic E-state index is 12.6. The van der Waals surface area contributed by atoms with Gasteiger partial charge in [0.15, 0.2) is 17.2 Å². The number of benzene rings is 3. The SMILES string of the molecule is CCOc1ccc(C2=N/C(=C\c3ccc(OS(=O)(=O)c4ccccc4)c(OCC)c3)C(=O)O2)cc1. The smallest absolute Gasteiger partial charge is 0.363 e. The fourth-order valence-corrected chi connectivity index (χ4v) is 4.22. The van der Waals surface area contributed by atoms with E-state index in [0.717, 1.165) is 0 Å². The topological polar surface area (TPSA) is 100 Å². The largest absolute Gasteiger partial charge is 0.494 e. The average molecular weight is 494 g/mol. The van der Waals surface area contributed by atoms with Gasteiger partial charge in [-0.3, -0.25) is 0 Å². The molecular weight excluding hydrogens is 470 g/mol. The molecule has 1 heterocycles. The highest BCUT2D eigenvalue weighted by Gasteiger charge is 2.25. The number of ether oxygens (including phenoxy) is 3. The third kappa shape index (κ3) is 5.70. The first kappa shape index (κ1) is 24.0. The summed E-state index contributed by atoms with van der Waals surface area (Å²) in [5, 5.41) is 0. The molecule has 0 unspecified atom stereocenters. The van der Waals surface area contributed by atoms with E-state index in [1.54, 1.807) is 61.5 Å². The Balaban J connectivity index is 1.59. The van der Waals surface area contributed by atoms with Gasteiger partial charge in [-0.05, 0) is 74.0 Å². The summed E-state index contributed by atoms with van der Waals surface area (Å²) in [4.78, 5) is 16.7. The summed E-state index contributed by atoms with van der Waals surface area (Å²) < 4.78 is 46.9. The van der Waals surface area contributed by atoms with Gasteiger partial charge in [-0.25, -0.2) is 9.79 Å². The minimum Gasteiger partial charge on any atom is -0.494 e. The molecule has 0 radical (unpaired) electrons. The highest BCUT2D eigenvalue weighted by atomic mass is 32.2. The molecule has 3 aromatic rings. The van der Waals surface area contributed by atoms with Crippen LogP contribution in [0.15, 0.2) is 88.4 Å². The molecule has 1 aliphatic heterocycles. The van der Waals surface area contributed by atoms with Crippen LogP contribution in [0.2, 0.25) is 0 Å². The van der Waals surface area contributed by atoms with E-state index >= 15 is 0 Å². The average Bonchev–Trinajstić information content (AvgIpc) is 3.22. The number of carbonyl (C=O) groups is 1. The first-order valence-corrected chi connectivity index (χ1v) is 12.3. The van der Waals surface area contributed by atoms with Gasteiger partial charge in [0.1, 0.15) is 10.6 Å². The lowest BCUT2D eigenvalue weighted by atomic mass is 10.1. The Labute approximate surface area is 203 Å². The maximum atomic E-state index is 12.6. The van der Waals surface area contributed by atoms with Crippen LogP contribution in [0, 0.1) is 0 Å². The normalized spacial score (nSPS) is 14.4. The number of hydrogen-bond donors (Lipinski definition) is 0. The van der Waals surface area contributed by atoms with E-state index < -0.39 is 16.1 Å². The predicted octanol–water partition coefficient (Wildman–Crippen LogP) is 4.60. The van der Waals surface area contributed by atoms with Crippen LogP contribution in [0.5, 0.6) is 17.2 Å². The van der Waals surface area contributed by atoms with Crippen molar-refractivity contribution >= 4 is 28.1 Å². The van der Waals surface area contributed by atoms with E-state index in [4.69, 9.17) is 18.4 Å². The lowest BCUT2D eigenvalue weighted by Crippen LogP contribution is -2.10. The second-order valence-electron chi connectivity index (χ2n) is 7.28. The monoisotopic (exact) mass is 493 g/mol. The molecule has 0 bridgehead atoms. The van der Waals surface area contributed by atoms with Crippen molar-refractivity contribution in [2.24, 2.45) is 4.99 Å². The summed E-state index contributed by atoms with van der Waals surface area (Å²) >= 11 is 0. The first-order chi connectivity index (χ1) is 16.9. The Hall–Kier alpha value is -4.11. The zero-order valence-corrected chi connectivity index (χ0v) is 19.9. The third-order valence-corrected chi connectivity index (χ3v) is 6.08. The Bertz CT molecular complexity index is 1380. The van der Waals surface area contributed by atoms with E-state index in [1.165, 1.54) is 24.3 Å². The molecule has 180 valence electrons. The summed E-state index contributed by atoms with van der Waals surface area (Å²) in [5.74, 6) is 0.535. The van der Waals surface area contributed by atoms with Crippen molar-refractivity contribution in [1.82, 2.24) is 0 Å². The number of esters is 1. The highest BCUT2D eigenvalue weighted by molar-refractivity contribution is 7.87. The Morgan fingerprint density at radius 1 is 0.886 bits per heavy atom. The van der Waals surface area contributed by atoms with Crippen molar-refractivity contribution in [3.05, 3.63) is 89.6 Å². The summed E-state index contributed by atoms with van der Waals surface area (Å²) in [6.45, 7) is 4.49. The van der Waals surface area contributed by atoms with Crippen molar-refractivity contribution < 1.29 is 31.6 Å². The summed E-state index contributed by atoms with van der Waals surface area (Å²) in [6.07, 6.45) is 1.53. The van der Waals surface area contributed by atoms with Gasteiger partial charge in [-0.1, -0.05) is 24.3 Å². The third-order valence-electron chi connectivity index (χ3n) is 4.84. The van der Waals surface area contributed by atoms with Gasteiger partial charge in [0, 0.05) is 5.56 Å². The standard InChI is InChI=1S/C26H23NO7S/c1-3-31-20-13-11-19(12-14-20)25-27-22(26(28)33-25)16-18-10-15-23(24(17-18)32-4-2)34-35(29,30)21-8-6-5-7-9-21/h5-17H,3-4H2,1-2H3/b22-16-. The zero-order valence-electron chi connectivity index (χ0n) is 19.1. The van der Waals surface area contributed by atoms with Gasteiger partial charge < -0.3 is 18.4 Å². The number of aliphatic imine (C=N–C) groups is 1. The quantitative estimate of drug-likeness (QED) is 0.244. The van der Waals surface area contributed by atoms with Gasteiger partial charge in [0.05, 0.1) is 13.2 Å². The molecule has 0 atom stereocenters. The minimum atomic E-state index is -4.04. The van der Waals surface area contributed by atoms with E-state index in [0.29, 0.717) is 23.5 Å². The molecule has 0 aromatic heterocycles. The molecular formula is C26H23NO7S. The molecule has 8 nitrogen and oxygen atoms in total. The molecule has 3 aromatic carbocycles. The van der Waals surface area contributed by atoms with Crippen LogP contribution in [0.1, 0.15) is 25.0 Å². The zero-order chi connectivity index (χ0) is 24.8. The molecule has 0 fully saturated rings. The summed E-state index contributed by atoms with van der Waals surface area (Å²) in [5.41, 5.74) is 1.29. The van der Waals surface area contributed by atoms with Crippen LogP contribution in [0.4, 0.5) is 0 Å². The van der Waals surface area contributed by atoms with Gasteiger partial charge in [-0.2, -0.15) is 8.42 Å². The maximum Gasteiger partial charge on any atom is 0.363 e. The number of carbonyl (C=O) groups excluding carboxylic acids is 1. The lowest BCUT2D eigenvalue weighted by molar-refractivity contribution is -0.129. The van der Waals surface area contributed by atoms with Crippen LogP contribution < -0.4 is 13.7 Å². The van der Waals surface area contributed by atoms with E-state index in [2.05, 4.69) is 4.99 Å². The van der Waals surface area contributed by atoms with Gasteiger partial charge in [0.2, 0.25) is 5.90 Å². The second-order valence-corrected chi connectivity index (χ2v) is 8.83. The number of rotatable bonds is 9. The highest BCUT2D eigenvalue weighted by Crippen LogP contribution is 2.32. The predicted molar refractivity (Wildman–Crippen MR) is 130 cm³/mol. The van der Waals surface area contributed by atoms with Gasteiger partial charge >= 0.3 is 16.1 Å². The van der Waals surface area contributed by atoms with Crippen molar-refractivity contribution in [3.8, 4) is 17.2 Å². The summed E-state index contributed by atoms with van der Waals surface area (Å²) in [7, 11) is -4.04. The number of cyclic esters (lactones) is 1. The first-order valence-electron chi connectivity index (χ1n) is 10.9. The molecule has 0 amide bonds. The lowest BCUT2D eigenvalue weighted by Gasteiger charge is -2.12. The van der Waals surface area contributed by atoms with Crippen LogP contribution in [0.25, 0.3) is 6.08 Å². The van der Waals surface area contributed by atoms with E-state index in [9.17, 15) is 13.2 Å². The minimum absolute atomic E-state index is 0.0264. The van der Waals surface area contributed by atoms with E-state index in [1.807, 2.05) is 6.92 Å². The molecule has 1 aliphatic rings. The van der Waals surface area contributed by atoms with Crippen molar-refractivity contribution in [1.29, 1.82) is 0 Å². The van der Waals surface area contributed by atoms with Gasteiger partial charge in [-0.15, -0.1) is 0 Å². The van der Waals surface area contributed by atoms with Crippen molar-refractivity contribution in [3.63, 3.8) is 0 Å². The summed E-state index contributed by atoms with van der Waals surface area (Å²) in [6, 6.07) is 19.5. The second kappa shape index (κ2) is 10.4. The molecule has 35 heavy (non-hydrogen) atoms. The molecule has 0 N–H and O–H groups in total. The van der Waals surface area contributed by atoms with Crippen molar-refractivity contribution in [2.75, 3.05) is 13.2 Å². The van der Waals surface area contributed by atoms with Crippen molar-refractivity contribution in [2.45, 2.75) is 18.7 Å². The van der Waals surface area contributed by atoms with Crippen LogP contribution in [-0.4, -0.2) is 33.5 Å². The molecule has 9 heteroatoms. The number of hydrogen-bond acceptors (Lipinski definition) is 8. The number of nitrogens with zero attached hydrogens (tertiary/aromatic N) is 1. The molecule has 0 saturated carbocycles. The van der Waals surface area contributed by atoms with Crippen LogP contribution >= 0.6 is 0 Å². The van der Waals surface area contributed by atoms with Gasteiger partial charge in [0.25, 0.3) is 0 Å². The molecule has 0 aliphatic carbocycles. The molecule has 0 saturated heterocycles. The van der Waals surface area contributed by atoms with Crippen LogP contribution in [-0.2, 0) is 19.6 Å². The fourth-order valence-electron chi connectivity index (χ4n) is 3.26. The molecule has 4 rings (SSSR count). The fraction of sp³-hybridized carbons (Fsp3) is 0.154. The molecule has 0 spiro atoms. The van der Waals surface area contributed by atoms with Crippen LogP contribution in [0.3, 0.4) is 0 Å².